The number of phenols is 1. The van der Waals surface area contributed by atoms with Gasteiger partial charge in [-0.1, -0.05) is 0 Å². The van der Waals surface area contributed by atoms with Gasteiger partial charge in [0.2, 0.25) is 0 Å². The van der Waals surface area contributed by atoms with Gasteiger partial charge >= 0.3 is 5.97 Å². The van der Waals surface area contributed by atoms with Crippen LogP contribution in [0, 0.1) is 11.6 Å². The van der Waals surface area contributed by atoms with Gasteiger partial charge in [0.1, 0.15) is 11.3 Å². The summed E-state index contributed by atoms with van der Waals surface area (Å²) in [6.45, 7) is 0. The van der Waals surface area contributed by atoms with Gasteiger partial charge in [-0.25, -0.2) is 13.6 Å². The topological polar surface area (TPSA) is 46.5 Å². The molecule has 0 aliphatic carbocycles. The normalized spacial score (nSPS) is 9.77. The summed E-state index contributed by atoms with van der Waals surface area (Å²) < 4.78 is 29.6. The van der Waals surface area contributed by atoms with E-state index in [-0.39, 0.29) is 0 Å². The molecule has 0 bridgehead atoms. The maximum atomic E-state index is 12.8. The summed E-state index contributed by atoms with van der Waals surface area (Å²) in [5, 5.41) is 8.85. The fraction of sp³-hybridized carbons (Fsp3) is 0.125. The first kappa shape index (κ1) is 9.44. The SMILES string of the molecule is COC(=O)c1cc(O)cc(F)c1F. The van der Waals surface area contributed by atoms with Crippen LogP contribution < -0.4 is 0 Å². The van der Waals surface area contributed by atoms with Crippen molar-refractivity contribution in [2.75, 3.05) is 7.11 Å². The van der Waals surface area contributed by atoms with Gasteiger partial charge in [0.25, 0.3) is 0 Å². The van der Waals surface area contributed by atoms with Crippen LogP contribution in [0.25, 0.3) is 0 Å². The molecule has 1 aromatic rings. The summed E-state index contributed by atoms with van der Waals surface area (Å²) in [6.07, 6.45) is 0. The van der Waals surface area contributed by atoms with Crippen molar-refractivity contribution in [2.45, 2.75) is 0 Å². The quantitative estimate of drug-likeness (QED) is 0.678. The zero-order valence-corrected chi connectivity index (χ0v) is 6.67. The van der Waals surface area contributed by atoms with Crippen LogP contribution in [-0.4, -0.2) is 18.2 Å². The Kier molecular flexibility index (Phi) is 2.46. The zero-order chi connectivity index (χ0) is 10.0. The molecule has 0 aliphatic rings. The fourth-order valence-electron chi connectivity index (χ4n) is 0.833. The Morgan fingerprint density at radius 3 is 2.62 bits per heavy atom. The summed E-state index contributed by atoms with van der Waals surface area (Å²) in [5.41, 5.74) is -0.625. The number of aromatic hydroxyl groups is 1. The Morgan fingerprint density at radius 2 is 2.08 bits per heavy atom. The molecular weight excluding hydrogens is 182 g/mol. The molecule has 13 heavy (non-hydrogen) atoms. The Labute approximate surface area is 72.6 Å². The predicted octanol–water partition coefficient (Wildman–Crippen LogP) is 1.46. The lowest BCUT2D eigenvalue weighted by molar-refractivity contribution is 0.0593. The highest BCUT2D eigenvalue weighted by atomic mass is 19.2. The van der Waals surface area contributed by atoms with Crippen molar-refractivity contribution in [3.8, 4) is 5.75 Å². The molecule has 0 saturated heterocycles. The van der Waals surface area contributed by atoms with Crippen LogP contribution in [0.2, 0.25) is 0 Å². The number of ether oxygens (including phenoxy) is 1. The van der Waals surface area contributed by atoms with Crippen LogP contribution in [0.15, 0.2) is 12.1 Å². The van der Waals surface area contributed by atoms with Gasteiger partial charge in [0.05, 0.1) is 7.11 Å². The molecule has 0 radical (unpaired) electrons. The van der Waals surface area contributed by atoms with Gasteiger partial charge in [-0.2, -0.15) is 0 Å². The van der Waals surface area contributed by atoms with Gasteiger partial charge in [-0.15, -0.1) is 0 Å². The maximum Gasteiger partial charge on any atom is 0.341 e. The summed E-state index contributed by atoms with van der Waals surface area (Å²) in [6, 6.07) is 1.37. The fourth-order valence-corrected chi connectivity index (χ4v) is 0.833. The highest BCUT2D eigenvalue weighted by Gasteiger charge is 2.17. The summed E-state index contributed by atoms with van der Waals surface area (Å²) >= 11 is 0. The molecule has 0 aliphatic heterocycles. The summed E-state index contributed by atoms with van der Waals surface area (Å²) in [4.78, 5) is 10.8. The second-order valence-corrected chi connectivity index (χ2v) is 2.28. The molecule has 0 aromatic heterocycles. The van der Waals surface area contributed by atoms with E-state index in [1.807, 2.05) is 0 Å². The standard InChI is InChI=1S/C8H6F2O3/c1-13-8(12)5-2-4(11)3-6(9)7(5)10/h2-3,11H,1H3. The van der Waals surface area contributed by atoms with E-state index >= 15 is 0 Å². The number of halogens is 2. The molecule has 3 nitrogen and oxygen atoms in total. The van der Waals surface area contributed by atoms with E-state index in [2.05, 4.69) is 4.74 Å². The van der Waals surface area contributed by atoms with Crippen molar-refractivity contribution < 1.29 is 23.4 Å². The number of esters is 1. The third-order valence-corrected chi connectivity index (χ3v) is 1.42. The van der Waals surface area contributed by atoms with Gasteiger partial charge in [-0.3, -0.25) is 0 Å². The smallest absolute Gasteiger partial charge is 0.341 e. The van der Waals surface area contributed by atoms with Crippen LogP contribution in [0.4, 0.5) is 8.78 Å². The number of rotatable bonds is 1. The number of hydrogen-bond donors (Lipinski definition) is 1. The molecule has 1 aromatic carbocycles. The Hall–Kier alpha value is -1.65. The van der Waals surface area contributed by atoms with E-state index < -0.39 is 28.9 Å². The van der Waals surface area contributed by atoms with Crippen LogP contribution in [0.1, 0.15) is 10.4 Å². The van der Waals surface area contributed by atoms with Crippen molar-refractivity contribution in [1.82, 2.24) is 0 Å². The van der Waals surface area contributed by atoms with Crippen molar-refractivity contribution in [1.29, 1.82) is 0 Å². The van der Waals surface area contributed by atoms with Crippen LogP contribution in [0.3, 0.4) is 0 Å². The van der Waals surface area contributed by atoms with Crippen LogP contribution >= 0.6 is 0 Å². The van der Waals surface area contributed by atoms with Crippen molar-refractivity contribution in [3.63, 3.8) is 0 Å². The number of carbonyl (C=O) groups is 1. The zero-order valence-electron chi connectivity index (χ0n) is 6.67. The van der Waals surface area contributed by atoms with E-state index in [0.29, 0.717) is 6.07 Å². The van der Waals surface area contributed by atoms with E-state index in [0.717, 1.165) is 13.2 Å². The predicted molar refractivity (Wildman–Crippen MR) is 39.4 cm³/mol. The first-order chi connectivity index (χ1) is 6.06. The monoisotopic (exact) mass is 188 g/mol. The van der Waals surface area contributed by atoms with Gasteiger partial charge in [0, 0.05) is 6.07 Å². The second-order valence-electron chi connectivity index (χ2n) is 2.28. The molecular formula is C8H6F2O3. The third-order valence-electron chi connectivity index (χ3n) is 1.42. The first-order valence-electron chi connectivity index (χ1n) is 3.32. The lowest BCUT2D eigenvalue weighted by Gasteiger charge is -2.02. The number of carbonyl (C=O) groups excluding carboxylic acids is 1. The Morgan fingerprint density at radius 1 is 1.46 bits per heavy atom. The van der Waals surface area contributed by atoms with E-state index in [1.54, 1.807) is 0 Å². The molecule has 0 atom stereocenters. The van der Waals surface area contributed by atoms with Crippen LogP contribution in [-0.2, 0) is 4.74 Å². The average molecular weight is 188 g/mol. The van der Waals surface area contributed by atoms with E-state index in [9.17, 15) is 13.6 Å². The molecule has 1 N–H and O–H groups in total. The van der Waals surface area contributed by atoms with Crippen LogP contribution in [0.5, 0.6) is 5.75 Å². The Balaban J connectivity index is 3.28. The molecule has 0 heterocycles. The molecule has 0 amide bonds. The lowest BCUT2D eigenvalue weighted by Crippen LogP contribution is -2.05. The minimum Gasteiger partial charge on any atom is -0.508 e. The Bertz CT molecular complexity index is 349. The second kappa shape index (κ2) is 3.38. The number of hydrogen-bond acceptors (Lipinski definition) is 3. The van der Waals surface area contributed by atoms with Crippen molar-refractivity contribution in [3.05, 3.63) is 29.3 Å². The lowest BCUT2D eigenvalue weighted by atomic mass is 10.2. The highest BCUT2D eigenvalue weighted by Crippen LogP contribution is 2.19. The summed E-state index contributed by atoms with van der Waals surface area (Å²) in [7, 11) is 1.03. The van der Waals surface area contributed by atoms with Crippen molar-refractivity contribution in [2.24, 2.45) is 0 Å². The van der Waals surface area contributed by atoms with Gasteiger partial charge < -0.3 is 9.84 Å². The molecule has 1 rings (SSSR count). The number of methoxy groups -OCH3 is 1. The maximum absolute atomic E-state index is 12.8. The molecule has 0 unspecified atom stereocenters. The number of benzene rings is 1. The minimum absolute atomic E-state index is 0.528. The van der Waals surface area contributed by atoms with E-state index in [4.69, 9.17) is 5.11 Å². The van der Waals surface area contributed by atoms with E-state index in [1.165, 1.54) is 0 Å². The minimum atomic E-state index is -1.33. The molecule has 0 saturated carbocycles. The van der Waals surface area contributed by atoms with Gasteiger partial charge in [0.15, 0.2) is 11.6 Å². The third kappa shape index (κ3) is 1.74. The highest BCUT2D eigenvalue weighted by molar-refractivity contribution is 5.90. The number of phenolic OH excluding ortho intramolecular Hbond substituents is 1. The van der Waals surface area contributed by atoms with Gasteiger partial charge in [-0.05, 0) is 6.07 Å². The molecule has 0 spiro atoms. The average Bonchev–Trinajstić information content (AvgIpc) is 2.10. The molecule has 70 valence electrons. The summed E-state index contributed by atoms with van der Waals surface area (Å²) in [5.74, 6) is -4.18. The molecule has 0 fully saturated rings. The van der Waals surface area contributed by atoms with Crippen molar-refractivity contribution >= 4 is 5.97 Å². The largest absolute Gasteiger partial charge is 0.508 e. The molecule has 5 heteroatoms. The first-order valence-corrected chi connectivity index (χ1v) is 3.32.